The van der Waals surface area contributed by atoms with Crippen LogP contribution in [0.25, 0.3) is 16.7 Å². The van der Waals surface area contributed by atoms with Gasteiger partial charge in [-0.3, -0.25) is 9.97 Å². The van der Waals surface area contributed by atoms with Crippen LogP contribution in [0.5, 0.6) is 0 Å². The van der Waals surface area contributed by atoms with Crippen molar-refractivity contribution in [3.8, 4) is 11.1 Å². The van der Waals surface area contributed by atoms with Crippen molar-refractivity contribution >= 4 is 11.3 Å². The molecule has 1 fully saturated rings. The fraction of sp³-hybridized carbons (Fsp3) is 0.417. The number of hydrogen-bond donors (Lipinski definition) is 2. The summed E-state index contributed by atoms with van der Waals surface area (Å²) in [5, 5.41) is 3.28. The van der Waals surface area contributed by atoms with Crippen LogP contribution in [0.4, 0.5) is 10.1 Å². The lowest BCUT2D eigenvalue weighted by atomic mass is 10.0. The van der Waals surface area contributed by atoms with Crippen molar-refractivity contribution in [3.05, 3.63) is 60.3 Å². The maximum absolute atomic E-state index is 13.7. The number of nitrogens with zero attached hydrogens (tertiary/aromatic N) is 2. The van der Waals surface area contributed by atoms with E-state index in [0.717, 1.165) is 46.1 Å². The highest BCUT2D eigenvalue weighted by Crippen LogP contribution is 2.34. The van der Waals surface area contributed by atoms with E-state index in [1.54, 1.807) is 26.2 Å². The van der Waals surface area contributed by atoms with Crippen LogP contribution in [0.2, 0.25) is 0 Å². The third kappa shape index (κ3) is 6.41. The molecule has 2 heterocycles. The molecule has 0 aliphatic heterocycles. The Morgan fingerprint density at radius 2 is 2.10 bits per heavy atom. The zero-order valence-corrected chi connectivity index (χ0v) is 17.6. The van der Waals surface area contributed by atoms with Gasteiger partial charge in [-0.2, -0.15) is 0 Å². The Kier molecular flexibility index (Phi) is 6.68. The molecule has 1 aliphatic rings. The number of aromatic nitrogens is 2. The molecule has 29 heavy (non-hydrogen) atoms. The van der Waals surface area contributed by atoms with E-state index < -0.39 is 5.67 Å². The maximum Gasteiger partial charge on any atom is 0.107 e. The Morgan fingerprint density at radius 1 is 1.31 bits per heavy atom. The van der Waals surface area contributed by atoms with E-state index in [1.165, 1.54) is 12.8 Å². The Hall–Kier alpha value is -2.69. The molecule has 0 aromatic carbocycles. The summed E-state index contributed by atoms with van der Waals surface area (Å²) in [6.07, 6.45) is 13.5. The topological polar surface area (TPSA) is 63.8 Å². The van der Waals surface area contributed by atoms with E-state index in [9.17, 15) is 4.39 Å². The summed E-state index contributed by atoms with van der Waals surface area (Å²) < 4.78 is 13.7. The molecule has 0 atom stereocenters. The van der Waals surface area contributed by atoms with E-state index in [4.69, 9.17) is 5.73 Å². The molecule has 2 aromatic rings. The minimum Gasteiger partial charge on any atom is -0.405 e. The summed E-state index contributed by atoms with van der Waals surface area (Å²) in [4.78, 5) is 9.08. The van der Waals surface area contributed by atoms with Gasteiger partial charge in [0.15, 0.2) is 0 Å². The normalized spacial score (nSPS) is 15.1. The standard InChI is InChI=1S/C24H31FN4/c1-17-22(15-21(16-29-17)27-13-10-24(2,3)25)20-9-12-28-23(14-20)19(8-11-26)7-6-18-4-5-18/h7-9,11-12,14-16,18,27H,4-6,10,13,26H2,1-3H3/b11-8-,19-7+. The number of nitrogens with one attached hydrogen (secondary N) is 1. The predicted molar refractivity (Wildman–Crippen MR) is 119 cm³/mol. The number of allylic oxidation sites excluding steroid dienone is 3. The minimum absolute atomic E-state index is 0.441. The number of anilines is 1. The van der Waals surface area contributed by atoms with Gasteiger partial charge in [-0.25, -0.2) is 4.39 Å². The fourth-order valence-corrected chi connectivity index (χ4v) is 3.19. The first kappa shape index (κ1) is 21.0. The quantitative estimate of drug-likeness (QED) is 0.539. The van der Waals surface area contributed by atoms with Crippen LogP contribution in [0.15, 0.2) is 48.9 Å². The molecule has 5 heteroatoms. The van der Waals surface area contributed by atoms with Crippen molar-refractivity contribution in [1.29, 1.82) is 0 Å². The van der Waals surface area contributed by atoms with Crippen molar-refractivity contribution in [2.75, 3.05) is 11.9 Å². The first-order valence-corrected chi connectivity index (χ1v) is 10.3. The summed E-state index contributed by atoms with van der Waals surface area (Å²) >= 11 is 0. The number of halogens is 1. The average molecular weight is 395 g/mol. The highest BCUT2D eigenvalue weighted by atomic mass is 19.1. The molecule has 3 rings (SSSR count). The Balaban J connectivity index is 1.83. The number of pyridine rings is 2. The predicted octanol–water partition coefficient (Wildman–Crippen LogP) is 5.66. The highest BCUT2D eigenvalue weighted by molar-refractivity contribution is 5.77. The van der Waals surface area contributed by atoms with Gasteiger partial charge in [0.05, 0.1) is 17.6 Å². The number of nitrogens with two attached hydrogens (primary N) is 1. The van der Waals surface area contributed by atoms with E-state index in [1.807, 2.05) is 25.3 Å². The zero-order chi connectivity index (χ0) is 20.9. The van der Waals surface area contributed by atoms with E-state index in [-0.39, 0.29) is 0 Å². The second kappa shape index (κ2) is 9.21. The van der Waals surface area contributed by atoms with Crippen molar-refractivity contribution in [2.24, 2.45) is 11.7 Å². The van der Waals surface area contributed by atoms with Gasteiger partial charge in [0, 0.05) is 24.0 Å². The summed E-state index contributed by atoms with van der Waals surface area (Å²) in [5.74, 6) is 0.808. The molecule has 3 N–H and O–H groups in total. The van der Waals surface area contributed by atoms with Gasteiger partial charge < -0.3 is 11.1 Å². The number of alkyl halides is 1. The molecule has 1 saturated carbocycles. The minimum atomic E-state index is -1.19. The Labute approximate surface area is 173 Å². The van der Waals surface area contributed by atoms with Gasteiger partial charge in [0.25, 0.3) is 0 Å². The van der Waals surface area contributed by atoms with Crippen molar-refractivity contribution < 1.29 is 4.39 Å². The molecular formula is C24H31FN4. The lowest BCUT2D eigenvalue weighted by Crippen LogP contribution is -2.17. The Bertz CT molecular complexity index is 892. The molecular weight excluding hydrogens is 363 g/mol. The molecule has 0 bridgehead atoms. The maximum atomic E-state index is 13.7. The van der Waals surface area contributed by atoms with E-state index in [2.05, 4.69) is 33.5 Å². The van der Waals surface area contributed by atoms with Crippen LogP contribution in [0, 0.1) is 12.8 Å². The van der Waals surface area contributed by atoms with Gasteiger partial charge >= 0.3 is 0 Å². The molecule has 2 aromatic heterocycles. The van der Waals surface area contributed by atoms with Crippen molar-refractivity contribution in [2.45, 2.75) is 52.1 Å². The van der Waals surface area contributed by atoms with Gasteiger partial charge in [-0.05, 0) is 94.0 Å². The largest absolute Gasteiger partial charge is 0.405 e. The first-order chi connectivity index (χ1) is 13.9. The van der Waals surface area contributed by atoms with Gasteiger partial charge in [0.1, 0.15) is 5.67 Å². The lowest BCUT2D eigenvalue weighted by molar-refractivity contribution is 0.207. The van der Waals surface area contributed by atoms with Crippen LogP contribution < -0.4 is 11.1 Å². The second-order valence-corrected chi connectivity index (χ2v) is 8.38. The lowest BCUT2D eigenvalue weighted by Gasteiger charge is -2.15. The number of hydrogen-bond acceptors (Lipinski definition) is 4. The summed E-state index contributed by atoms with van der Waals surface area (Å²) in [5.41, 5.74) is 10.4. The zero-order valence-electron chi connectivity index (χ0n) is 17.6. The summed E-state index contributed by atoms with van der Waals surface area (Å²) in [6, 6.07) is 6.14. The molecule has 0 radical (unpaired) electrons. The van der Waals surface area contributed by atoms with Crippen molar-refractivity contribution in [1.82, 2.24) is 9.97 Å². The van der Waals surface area contributed by atoms with Crippen LogP contribution >= 0.6 is 0 Å². The molecule has 154 valence electrons. The third-order valence-electron chi connectivity index (χ3n) is 5.15. The monoisotopic (exact) mass is 394 g/mol. The molecule has 0 amide bonds. The molecule has 4 nitrogen and oxygen atoms in total. The first-order valence-electron chi connectivity index (χ1n) is 10.3. The van der Waals surface area contributed by atoms with Crippen molar-refractivity contribution in [3.63, 3.8) is 0 Å². The number of aryl methyl sites for hydroxylation is 1. The SMILES string of the molecule is Cc1ncc(NCCC(C)(C)F)cc1-c1ccnc(C(/C=C\N)=C/CC2CC2)c1. The second-order valence-electron chi connectivity index (χ2n) is 8.38. The molecule has 1 aliphatic carbocycles. The summed E-state index contributed by atoms with van der Waals surface area (Å²) in [6.45, 7) is 5.74. The van der Waals surface area contributed by atoms with E-state index in [0.29, 0.717) is 13.0 Å². The van der Waals surface area contributed by atoms with Gasteiger partial charge in [-0.15, -0.1) is 0 Å². The van der Waals surface area contributed by atoms with Gasteiger partial charge in [-0.1, -0.05) is 6.08 Å². The fourth-order valence-electron chi connectivity index (χ4n) is 3.19. The average Bonchev–Trinajstić information content (AvgIpc) is 3.50. The summed E-state index contributed by atoms with van der Waals surface area (Å²) in [7, 11) is 0. The third-order valence-corrected chi connectivity index (χ3v) is 5.15. The van der Waals surface area contributed by atoms with E-state index >= 15 is 0 Å². The smallest absolute Gasteiger partial charge is 0.107 e. The van der Waals surface area contributed by atoms with Crippen LogP contribution in [0.1, 0.15) is 50.9 Å². The highest BCUT2D eigenvalue weighted by Gasteiger charge is 2.20. The molecule has 0 saturated heterocycles. The molecule has 0 unspecified atom stereocenters. The molecule has 0 spiro atoms. The van der Waals surface area contributed by atoms with Crippen LogP contribution in [0.3, 0.4) is 0 Å². The van der Waals surface area contributed by atoms with Crippen LogP contribution in [-0.4, -0.2) is 22.2 Å². The Morgan fingerprint density at radius 3 is 2.79 bits per heavy atom. The number of rotatable bonds is 9. The van der Waals surface area contributed by atoms with Crippen LogP contribution in [-0.2, 0) is 0 Å². The van der Waals surface area contributed by atoms with Gasteiger partial charge in [0.2, 0.25) is 0 Å².